The largest absolute Gasteiger partial charge is 0.363 e. The first kappa shape index (κ1) is 8.69. The number of aldehydes is 1. The second-order valence-electron chi connectivity index (χ2n) is 2.93. The molecule has 0 amide bonds. The number of nitrogens with zero attached hydrogens (tertiary/aromatic N) is 1. The molecule has 0 unspecified atom stereocenters. The zero-order chi connectivity index (χ0) is 9.80. The van der Waals surface area contributed by atoms with Gasteiger partial charge in [0, 0.05) is 11.6 Å². The molecular formula is C11H10N2O. The number of fused-ring (bicyclic) bond motifs is 1. The smallest absolute Gasteiger partial charge is 0.139 e. The van der Waals surface area contributed by atoms with E-state index in [4.69, 9.17) is 0 Å². The van der Waals surface area contributed by atoms with Gasteiger partial charge in [0.05, 0.1) is 6.54 Å². The van der Waals surface area contributed by atoms with Gasteiger partial charge in [-0.15, -0.1) is 0 Å². The van der Waals surface area contributed by atoms with Crippen molar-refractivity contribution in [1.29, 1.82) is 0 Å². The fourth-order valence-corrected chi connectivity index (χ4v) is 1.40. The Morgan fingerprint density at radius 3 is 3.00 bits per heavy atom. The minimum absolute atomic E-state index is 0.293. The summed E-state index contributed by atoms with van der Waals surface area (Å²) < 4.78 is 0. The molecule has 3 nitrogen and oxygen atoms in total. The van der Waals surface area contributed by atoms with Crippen LogP contribution in [0.4, 0.5) is 5.82 Å². The van der Waals surface area contributed by atoms with Crippen molar-refractivity contribution in [2.45, 2.75) is 0 Å². The van der Waals surface area contributed by atoms with Crippen molar-refractivity contribution in [1.82, 2.24) is 4.98 Å². The zero-order valence-electron chi connectivity index (χ0n) is 7.60. The van der Waals surface area contributed by atoms with Crippen molar-refractivity contribution < 1.29 is 4.79 Å². The minimum atomic E-state index is 0.293. The summed E-state index contributed by atoms with van der Waals surface area (Å²) in [5.41, 5.74) is 0. The molecule has 14 heavy (non-hydrogen) atoms. The number of benzene rings is 1. The highest BCUT2D eigenvalue weighted by atomic mass is 16.1. The van der Waals surface area contributed by atoms with Gasteiger partial charge in [-0.2, -0.15) is 0 Å². The summed E-state index contributed by atoms with van der Waals surface area (Å²) >= 11 is 0. The fourth-order valence-electron chi connectivity index (χ4n) is 1.40. The van der Waals surface area contributed by atoms with Crippen LogP contribution in [0.15, 0.2) is 36.5 Å². The third-order valence-electron chi connectivity index (χ3n) is 2.03. The van der Waals surface area contributed by atoms with Crippen LogP contribution in [0.2, 0.25) is 0 Å². The average molecular weight is 186 g/mol. The molecule has 70 valence electrons. The standard InChI is InChI=1S/C11H10N2O/c14-8-7-13-11-10-4-2-1-3-9(10)5-6-12-11/h1-6,8H,7H2,(H,12,13). The van der Waals surface area contributed by atoms with E-state index in [1.165, 1.54) is 0 Å². The van der Waals surface area contributed by atoms with E-state index in [0.29, 0.717) is 6.54 Å². The Morgan fingerprint density at radius 2 is 2.14 bits per heavy atom. The van der Waals surface area contributed by atoms with Gasteiger partial charge in [-0.05, 0) is 11.5 Å². The maximum atomic E-state index is 10.2. The minimum Gasteiger partial charge on any atom is -0.363 e. The quantitative estimate of drug-likeness (QED) is 0.744. The molecule has 1 aromatic heterocycles. The number of hydrogen-bond donors (Lipinski definition) is 1. The van der Waals surface area contributed by atoms with E-state index in [-0.39, 0.29) is 0 Å². The maximum Gasteiger partial charge on any atom is 0.139 e. The van der Waals surface area contributed by atoms with Gasteiger partial charge in [0.1, 0.15) is 12.1 Å². The number of carbonyl (C=O) groups is 1. The maximum absolute atomic E-state index is 10.2. The van der Waals surface area contributed by atoms with Crippen molar-refractivity contribution in [3.63, 3.8) is 0 Å². The lowest BCUT2D eigenvalue weighted by Crippen LogP contribution is -2.04. The highest BCUT2D eigenvalue weighted by Gasteiger charge is 1.99. The number of hydrogen-bond acceptors (Lipinski definition) is 3. The van der Waals surface area contributed by atoms with E-state index in [2.05, 4.69) is 10.3 Å². The first-order valence-electron chi connectivity index (χ1n) is 4.43. The Labute approximate surface area is 81.8 Å². The number of nitrogens with one attached hydrogen (secondary N) is 1. The lowest BCUT2D eigenvalue weighted by atomic mass is 10.1. The van der Waals surface area contributed by atoms with Gasteiger partial charge in [0.2, 0.25) is 0 Å². The van der Waals surface area contributed by atoms with Crippen LogP contribution >= 0.6 is 0 Å². The van der Waals surface area contributed by atoms with Gasteiger partial charge < -0.3 is 10.1 Å². The molecule has 1 N–H and O–H groups in total. The molecule has 0 fully saturated rings. The highest BCUT2D eigenvalue weighted by Crippen LogP contribution is 2.19. The molecule has 0 saturated carbocycles. The molecule has 2 rings (SSSR count). The van der Waals surface area contributed by atoms with Crippen LogP contribution in [0.3, 0.4) is 0 Å². The number of anilines is 1. The molecule has 0 aliphatic carbocycles. The molecule has 0 atom stereocenters. The van der Waals surface area contributed by atoms with Crippen LogP contribution in [0.5, 0.6) is 0 Å². The Bertz CT molecular complexity index is 448. The highest BCUT2D eigenvalue weighted by molar-refractivity contribution is 5.92. The number of carbonyl (C=O) groups excluding carboxylic acids is 1. The summed E-state index contributed by atoms with van der Waals surface area (Å²) in [4.78, 5) is 14.4. The van der Waals surface area contributed by atoms with E-state index in [1.54, 1.807) is 6.20 Å². The van der Waals surface area contributed by atoms with Crippen LogP contribution in [0.1, 0.15) is 0 Å². The molecule has 0 radical (unpaired) electrons. The van der Waals surface area contributed by atoms with E-state index >= 15 is 0 Å². The van der Waals surface area contributed by atoms with Crippen molar-refractivity contribution in [2.75, 3.05) is 11.9 Å². The predicted octanol–water partition coefficient (Wildman–Crippen LogP) is 1.85. The molecule has 0 aliphatic rings. The molecule has 1 aromatic carbocycles. The summed E-state index contributed by atoms with van der Waals surface area (Å²) in [5, 5.41) is 5.12. The number of aromatic nitrogens is 1. The normalized spacial score (nSPS) is 10.0. The van der Waals surface area contributed by atoms with Crippen LogP contribution in [0.25, 0.3) is 10.8 Å². The van der Waals surface area contributed by atoms with Crippen molar-refractivity contribution >= 4 is 22.9 Å². The van der Waals surface area contributed by atoms with Crippen LogP contribution in [-0.4, -0.2) is 17.8 Å². The fraction of sp³-hybridized carbons (Fsp3) is 0.0909. The lowest BCUT2D eigenvalue weighted by Gasteiger charge is -2.04. The van der Waals surface area contributed by atoms with Crippen LogP contribution in [-0.2, 0) is 4.79 Å². The van der Waals surface area contributed by atoms with Gasteiger partial charge in [-0.1, -0.05) is 24.3 Å². The van der Waals surface area contributed by atoms with E-state index in [1.807, 2.05) is 30.3 Å². The van der Waals surface area contributed by atoms with Crippen LogP contribution < -0.4 is 5.32 Å². The summed E-state index contributed by atoms with van der Waals surface area (Å²) in [7, 11) is 0. The van der Waals surface area contributed by atoms with Crippen molar-refractivity contribution in [2.24, 2.45) is 0 Å². The molecule has 0 spiro atoms. The second-order valence-corrected chi connectivity index (χ2v) is 2.93. The molecule has 0 bridgehead atoms. The molecular weight excluding hydrogens is 176 g/mol. The summed E-state index contributed by atoms with van der Waals surface area (Å²) in [6, 6.07) is 9.88. The van der Waals surface area contributed by atoms with Gasteiger partial charge >= 0.3 is 0 Å². The van der Waals surface area contributed by atoms with E-state index < -0.39 is 0 Å². The van der Waals surface area contributed by atoms with Crippen molar-refractivity contribution in [3.05, 3.63) is 36.5 Å². The van der Waals surface area contributed by atoms with E-state index in [0.717, 1.165) is 22.9 Å². The zero-order valence-corrected chi connectivity index (χ0v) is 7.60. The Hall–Kier alpha value is -1.90. The average Bonchev–Trinajstić information content (AvgIpc) is 2.26. The monoisotopic (exact) mass is 186 g/mol. The van der Waals surface area contributed by atoms with Gasteiger partial charge in [0.15, 0.2) is 0 Å². The van der Waals surface area contributed by atoms with Gasteiger partial charge in [-0.25, -0.2) is 4.98 Å². The van der Waals surface area contributed by atoms with Gasteiger partial charge in [0.25, 0.3) is 0 Å². The summed E-state index contributed by atoms with van der Waals surface area (Å²) in [5.74, 6) is 0.759. The van der Waals surface area contributed by atoms with Crippen LogP contribution in [0, 0.1) is 0 Å². The van der Waals surface area contributed by atoms with E-state index in [9.17, 15) is 4.79 Å². The van der Waals surface area contributed by atoms with Gasteiger partial charge in [-0.3, -0.25) is 0 Å². The third-order valence-corrected chi connectivity index (χ3v) is 2.03. The molecule has 1 heterocycles. The SMILES string of the molecule is O=CCNc1nccc2ccccc12. The Kier molecular flexibility index (Phi) is 2.40. The lowest BCUT2D eigenvalue weighted by molar-refractivity contribution is -0.106. The first-order valence-corrected chi connectivity index (χ1v) is 4.43. The Balaban J connectivity index is 2.48. The second kappa shape index (κ2) is 3.87. The third kappa shape index (κ3) is 1.57. The molecule has 0 aliphatic heterocycles. The topological polar surface area (TPSA) is 42.0 Å². The summed E-state index contributed by atoms with van der Waals surface area (Å²) in [6.07, 6.45) is 2.55. The summed E-state index contributed by atoms with van der Waals surface area (Å²) in [6.45, 7) is 0.293. The molecule has 0 saturated heterocycles. The first-order chi connectivity index (χ1) is 6.92. The Morgan fingerprint density at radius 1 is 1.29 bits per heavy atom. The predicted molar refractivity (Wildman–Crippen MR) is 56.3 cm³/mol. The number of pyridine rings is 1. The van der Waals surface area contributed by atoms with Crippen molar-refractivity contribution in [3.8, 4) is 0 Å². The number of rotatable bonds is 3. The molecule has 2 aromatic rings. The molecule has 3 heteroatoms.